The van der Waals surface area contributed by atoms with E-state index in [4.69, 9.17) is 19.5 Å². The van der Waals surface area contributed by atoms with Gasteiger partial charge in [0.1, 0.15) is 0 Å². The van der Waals surface area contributed by atoms with Crippen LogP contribution in [0.1, 0.15) is 37.3 Å². The third-order valence-electron chi connectivity index (χ3n) is 5.83. The van der Waals surface area contributed by atoms with E-state index in [1.165, 1.54) is 13.2 Å². The Labute approximate surface area is 196 Å². The molecule has 178 valence electrons. The summed E-state index contributed by atoms with van der Waals surface area (Å²) in [4.78, 5) is 2.18. The van der Waals surface area contributed by atoms with E-state index < -0.39 is 0 Å². The molecule has 6 nitrogen and oxygen atoms in total. The molecule has 0 aromatic heterocycles. The largest absolute Gasteiger partial charge is 0.494 e. The number of rotatable bonds is 12. The van der Waals surface area contributed by atoms with Crippen molar-refractivity contribution in [1.82, 2.24) is 5.32 Å². The topological polar surface area (TPSA) is 66.8 Å². The van der Waals surface area contributed by atoms with Crippen LogP contribution >= 0.6 is 0 Å². The number of hydrogen-bond acceptors (Lipinski definition) is 6. The molecule has 1 aliphatic rings. The Kier molecular flexibility index (Phi) is 9.95. The maximum absolute atomic E-state index is 14.2. The van der Waals surface area contributed by atoms with Gasteiger partial charge in [-0.2, -0.15) is 5.26 Å². The van der Waals surface area contributed by atoms with Crippen molar-refractivity contribution in [3.63, 3.8) is 0 Å². The predicted octanol–water partition coefficient (Wildman–Crippen LogP) is 4.48. The Balaban J connectivity index is 1.56. The molecular weight excluding hydrogens is 421 g/mol. The molecule has 1 saturated heterocycles. The Morgan fingerprint density at radius 2 is 1.91 bits per heavy atom. The van der Waals surface area contributed by atoms with Crippen molar-refractivity contribution in [2.24, 2.45) is 5.92 Å². The molecule has 0 amide bonds. The van der Waals surface area contributed by atoms with Crippen LogP contribution < -0.4 is 15.0 Å². The van der Waals surface area contributed by atoms with Crippen molar-refractivity contribution in [2.75, 3.05) is 44.9 Å². The second-order valence-corrected chi connectivity index (χ2v) is 8.30. The molecule has 1 aliphatic heterocycles. The zero-order valence-corrected chi connectivity index (χ0v) is 19.6. The molecule has 3 rings (SSSR count). The van der Waals surface area contributed by atoms with Crippen LogP contribution in [0.15, 0.2) is 42.5 Å². The highest BCUT2D eigenvalue weighted by atomic mass is 19.1. The molecule has 7 heteroatoms. The number of halogens is 1. The zero-order valence-electron chi connectivity index (χ0n) is 19.6. The molecular formula is C26H34FN3O3. The standard InChI is InChI=1S/C26H34FN3O3/c1-3-29-13-12-22-18-32-26(33-19-22)5-4-14-30(23-9-6-20(16-28)7-10-23)17-21-8-11-25(31-2)24(27)15-21/h6-11,15,22,26,29H,3-5,12-14,17-19H2,1-2H3. The first-order valence-corrected chi connectivity index (χ1v) is 11.6. The minimum absolute atomic E-state index is 0.179. The van der Waals surface area contributed by atoms with Crippen LogP contribution in [0.4, 0.5) is 10.1 Å². The monoisotopic (exact) mass is 455 g/mol. The van der Waals surface area contributed by atoms with E-state index in [1.807, 2.05) is 18.2 Å². The molecule has 0 spiro atoms. The van der Waals surface area contributed by atoms with Crippen LogP contribution in [-0.4, -0.2) is 46.2 Å². The van der Waals surface area contributed by atoms with Crippen LogP contribution in [-0.2, 0) is 16.0 Å². The first-order valence-electron chi connectivity index (χ1n) is 11.6. The van der Waals surface area contributed by atoms with Crippen LogP contribution in [0.2, 0.25) is 0 Å². The van der Waals surface area contributed by atoms with Gasteiger partial charge in [0.2, 0.25) is 0 Å². The summed E-state index contributed by atoms with van der Waals surface area (Å²) >= 11 is 0. The van der Waals surface area contributed by atoms with E-state index in [1.54, 1.807) is 18.2 Å². The normalized spacial score (nSPS) is 18.0. The average Bonchev–Trinajstić information content (AvgIpc) is 2.85. The van der Waals surface area contributed by atoms with Crippen molar-refractivity contribution < 1.29 is 18.6 Å². The van der Waals surface area contributed by atoms with Crippen LogP contribution in [0.5, 0.6) is 5.75 Å². The van der Waals surface area contributed by atoms with Gasteiger partial charge in [-0.1, -0.05) is 13.0 Å². The minimum Gasteiger partial charge on any atom is -0.494 e. The van der Waals surface area contributed by atoms with Crippen molar-refractivity contribution in [2.45, 2.75) is 39.0 Å². The van der Waals surface area contributed by atoms with E-state index in [0.29, 0.717) is 18.0 Å². The summed E-state index contributed by atoms with van der Waals surface area (Å²) in [5, 5.41) is 12.4. The number of nitrogens with one attached hydrogen (secondary N) is 1. The summed E-state index contributed by atoms with van der Waals surface area (Å²) in [7, 11) is 1.46. The molecule has 33 heavy (non-hydrogen) atoms. The maximum Gasteiger partial charge on any atom is 0.165 e. The molecule has 2 aromatic carbocycles. The second-order valence-electron chi connectivity index (χ2n) is 8.30. The van der Waals surface area contributed by atoms with Crippen molar-refractivity contribution in [1.29, 1.82) is 5.26 Å². The summed E-state index contributed by atoms with van der Waals surface area (Å²) in [6.45, 7) is 6.86. The SMILES string of the molecule is CCNCCC1COC(CCCN(Cc2ccc(OC)c(F)c2)c2ccc(C#N)cc2)OC1. The molecule has 0 atom stereocenters. The number of methoxy groups -OCH3 is 1. The molecule has 0 unspecified atom stereocenters. The molecule has 0 aliphatic carbocycles. The van der Waals surface area contributed by atoms with Gasteiger partial charge in [0.05, 0.1) is 32.0 Å². The quantitative estimate of drug-likeness (QED) is 0.476. The first-order chi connectivity index (χ1) is 16.1. The molecule has 0 bridgehead atoms. The van der Waals surface area contributed by atoms with Crippen LogP contribution in [0, 0.1) is 23.1 Å². The Bertz CT molecular complexity index is 893. The summed E-state index contributed by atoms with van der Waals surface area (Å²) in [5.74, 6) is 0.307. The van der Waals surface area contributed by atoms with Crippen molar-refractivity contribution in [3.8, 4) is 11.8 Å². The molecule has 0 saturated carbocycles. The third-order valence-corrected chi connectivity index (χ3v) is 5.83. The van der Waals surface area contributed by atoms with Gasteiger partial charge in [-0.05, 0) is 67.9 Å². The summed E-state index contributed by atoms with van der Waals surface area (Å²) in [5.41, 5.74) is 2.45. The van der Waals surface area contributed by atoms with Crippen LogP contribution in [0.3, 0.4) is 0 Å². The van der Waals surface area contributed by atoms with E-state index in [0.717, 1.165) is 63.4 Å². The number of anilines is 1. The highest BCUT2D eigenvalue weighted by Crippen LogP contribution is 2.23. The number of benzene rings is 2. The number of nitrogens with zero attached hydrogens (tertiary/aromatic N) is 2. The van der Waals surface area contributed by atoms with Gasteiger partial charge < -0.3 is 24.4 Å². The van der Waals surface area contributed by atoms with Gasteiger partial charge in [-0.15, -0.1) is 0 Å². The van der Waals surface area contributed by atoms with Crippen LogP contribution in [0.25, 0.3) is 0 Å². The Hall–Kier alpha value is -2.66. The molecule has 1 N–H and O–H groups in total. The second kappa shape index (κ2) is 13.1. The minimum atomic E-state index is -0.373. The van der Waals surface area contributed by atoms with Crippen molar-refractivity contribution in [3.05, 3.63) is 59.4 Å². The third kappa shape index (κ3) is 7.71. The molecule has 0 radical (unpaired) electrons. The number of ether oxygens (including phenoxy) is 3. The van der Waals surface area contributed by atoms with E-state index in [-0.39, 0.29) is 17.9 Å². The molecule has 1 fully saturated rings. The number of nitriles is 1. The summed E-state index contributed by atoms with van der Waals surface area (Å²) in [6.07, 6.45) is 2.54. The van der Waals surface area contributed by atoms with E-state index in [9.17, 15) is 4.39 Å². The fourth-order valence-corrected chi connectivity index (χ4v) is 3.92. The fraction of sp³-hybridized carbons (Fsp3) is 0.500. The van der Waals surface area contributed by atoms with Gasteiger partial charge in [-0.25, -0.2) is 4.39 Å². The lowest BCUT2D eigenvalue weighted by Crippen LogP contribution is -2.34. The predicted molar refractivity (Wildman–Crippen MR) is 127 cm³/mol. The first kappa shape index (κ1) is 25.0. The molecule has 2 aromatic rings. The highest BCUT2D eigenvalue weighted by Gasteiger charge is 2.22. The molecule has 1 heterocycles. The lowest BCUT2D eigenvalue weighted by Gasteiger charge is -2.31. The van der Waals surface area contributed by atoms with Gasteiger partial charge in [0.25, 0.3) is 0 Å². The van der Waals surface area contributed by atoms with E-state index in [2.05, 4.69) is 23.2 Å². The number of hydrogen-bond donors (Lipinski definition) is 1. The summed E-state index contributed by atoms with van der Waals surface area (Å²) < 4.78 is 31.1. The van der Waals surface area contributed by atoms with E-state index >= 15 is 0 Å². The zero-order chi connectivity index (χ0) is 23.5. The lowest BCUT2D eigenvalue weighted by atomic mass is 10.1. The van der Waals surface area contributed by atoms with Gasteiger partial charge in [0, 0.05) is 31.1 Å². The summed E-state index contributed by atoms with van der Waals surface area (Å²) in [6, 6.07) is 14.7. The fourth-order valence-electron chi connectivity index (χ4n) is 3.92. The Morgan fingerprint density at radius 3 is 2.55 bits per heavy atom. The smallest absolute Gasteiger partial charge is 0.165 e. The average molecular weight is 456 g/mol. The van der Waals surface area contributed by atoms with Gasteiger partial charge in [-0.3, -0.25) is 0 Å². The maximum atomic E-state index is 14.2. The lowest BCUT2D eigenvalue weighted by molar-refractivity contribution is -0.203. The van der Waals surface area contributed by atoms with Gasteiger partial charge in [0.15, 0.2) is 17.9 Å². The highest BCUT2D eigenvalue weighted by molar-refractivity contribution is 5.50. The van der Waals surface area contributed by atoms with Gasteiger partial charge >= 0.3 is 0 Å². The Morgan fingerprint density at radius 1 is 1.15 bits per heavy atom. The van der Waals surface area contributed by atoms with Crippen molar-refractivity contribution >= 4 is 5.69 Å².